The summed E-state index contributed by atoms with van der Waals surface area (Å²) in [4.78, 5) is 33.0. The summed E-state index contributed by atoms with van der Waals surface area (Å²) >= 11 is 0. The fourth-order valence-corrected chi connectivity index (χ4v) is 4.54. The average Bonchev–Trinajstić information content (AvgIpc) is 3.39. The Bertz CT molecular complexity index is 835. The van der Waals surface area contributed by atoms with Crippen LogP contribution in [0.3, 0.4) is 0 Å². The average molecular weight is 339 g/mol. The number of carbonyl (C=O) groups is 2. The number of urea groups is 1. The van der Waals surface area contributed by atoms with Crippen LogP contribution >= 0.6 is 0 Å². The number of rotatable bonds is 3. The largest absolute Gasteiger partial charge is 0.496 e. The van der Waals surface area contributed by atoms with Gasteiger partial charge in [-0.25, -0.2) is 14.7 Å². The normalized spacial score (nSPS) is 27.3. The second kappa shape index (κ2) is 5.08. The summed E-state index contributed by atoms with van der Waals surface area (Å²) < 4.78 is 10.5. The lowest BCUT2D eigenvalue weighted by molar-refractivity contribution is -0.120. The monoisotopic (exact) mass is 339 g/mol. The molecular weight excluding hydrogens is 322 g/mol. The quantitative estimate of drug-likeness (QED) is 0.804. The summed E-state index contributed by atoms with van der Waals surface area (Å²) in [7, 11) is 1.55. The molecule has 2 aliphatic heterocycles. The molecule has 7 heteroatoms. The molecular formula is C18H17N3O4. The number of methoxy groups -OCH3 is 1. The number of piperidine rings is 1. The molecule has 1 saturated carbocycles. The van der Waals surface area contributed by atoms with Crippen LogP contribution in [-0.4, -0.2) is 41.0 Å². The number of anilines is 1. The molecule has 128 valence electrons. The van der Waals surface area contributed by atoms with Gasteiger partial charge in [0.1, 0.15) is 23.7 Å². The van der Waals surface area contributed by atoms with Gasteiger partial charge in [-0.15, -0.1) is 0 Å². The standard InChI is InChI=1S/C18H17N3O4/c1-24-15-7-12(4-5-13(15)14-8-25-9-19-14)21-17(22)16-10-2-3-11(6-10)20(16)18(21)23/h4-5,7-11,16H,2-3,6H2,1H3. The van der Waals surface area contributed by atoms with E-state index in [1.807, 2.05) is 0 Å². The number of benzene rings is 1. The summed E-state index contributed by atoms with van der Waals surface area (Å²) in [6.45, 7) is 0. The van der Waals surface area contributed by atoms with E-state index in [4.69, 9.17) is 9.15 Å². The van der Waals surface area contributed by atoms with Gasteiger partial charge >= 0.3 is 6.03 Å². The topological polar surface area (TPSA) is 75.9 Å². The van der Waals surface area contributed by atoms with Crippen molar-refractivity contribution in [3.63, 3.8) is 0 Å². The number of nitrogens with zero attached hydrogens (tertiary/aromatic N) is 3. The number of oxazole rings is 1. The van der Waals surface area contributed by atoms with Gasteiger partial charge in [0.25, 0.3) is 5.91 Å². The summed E-state index contributed by atoms with van der Waals surface area (Å²) in [6, 6.07) is 4.99. The van der Waals surface area contributed by atoms with Crippen molar-refractivity contribution >= 4 is 17.6 Å². The van der Waals surface area contributed by atoms with Crippen molar-refractivity contribution in [2.75, 3.05) is 12.0 Å². The smallest absolute Gasteiger partial charge is 0.332 e. The Balaban J connectivity index is 1.54. The van der Waals surface area contributed by atoms with Crippen LogP contribution in [-0.2, 0) is 4.79 Å². The molecule has 5 rings (SSSR count). The van der Waals surface area contributed by atoms with Crippen LogP contribution in [0.5, 0.6) is 5.75 Å². The van der Waals surface area contributed by atoms with Crippen LogP contribution in [0.4, 0.5) is 10.5 Å². The molecule has 3 amide bonds. The molecule has 3 heterocycles. The predicted molar refractivity (Wildman–Crippen MR) is 88.1 cm³/mol. The first-order chi connectivity index (χ1) is 12.2. The Morgan fingerprint density at radius 2 is 2.16 bits per heavy atom. The van der Waals surface area contributed by atoms with Crippen LogP contribution in [0.15, 0.2) is 35.3 Å². The van der Waals surface area contributed by atoms with E-state index in [0.717, 1.165) is 24.8 Å². The SMILES string of the molecule is COc1cc(N2C(=O)C3C4CCC(C4)N3C2=O)ccc1-c1cocn1. The van der Waals surface area contributed by atoms with Crippen LogP contribution in [0.25, 0.3) is 11.3 Å². The van der Waals surface area contributed by atoms with Crippen LogP contribution in [0.2, 0.25) is 0 Å². The zero-order valence-electron chi connectivity index (χ0n) is 13.7. The highest BCUT2D eigenvalue weighted by Crippen LogP contribution is 2.47. The first-order valence-corrected chi connectivity index (χ1v) is 8.42. The van der Waals surface area contributed by atoms with Gasteiger partial charge in [-0.05, 0) is 37.3 Å². The molecule has 25 heavy (non-hydrogen) atoms. The van der Waals surface area contributed by atoms with Crippen molar-refractivity contribution in [2.45, 2.75) is 31.3 Å². The Kier molecular flexibility index (Phi) is 2.95. The molecule has 2 aromatic rings. The number of ether oxygens (including phenoxy) is 1. The fraction of sp³-hybridized carbons (Fsp3) is 0.389. The van der Waals surface area contributed by atoms with E-state index in [0.29, 0.717) is 23.0 Å². The molecule has 3 fully saturated rings. The second-order valence-electron chi connectivity index (χ2n) is 6.79. The van der Waals surface area contributed by atoms with E-state index >= 15 is 0 Å². The maximum atomic E-state index is 12.9. The Morgan fingerprint density at radius 3 is 2.88 bits per heavy atom. The number of hydrogen-bond donors (Lipinski definition) is 0. The zero-order valence-corrected chi connectivity index (χ0v) is 13.7. The van der Waals surface area contributed by atoms with E-state index in [9.17, 15) is 9.59 Å². The van der Waals surface area contributed by atoms with Crippen molar-refractivity contribution in [3.05, 3.63) is 30.9 Å². The van der Waals surface area contributed by atoms with Crippen molar-refractivity contribution in [1.29, 1.82) is 0 Å². The van der Waals surface area contributed by atoms with Crippen molar-refractivity contribution in [1.82, 2.24) is 9.88 Å². The van der Waals surface area contributed by atoms with Crippen LogP contribution < -0.4 is 9.64 Å². The van der Waals surface area contributed by atoms with E-state index in [1.165, 1.54) is 17.6 Å². The highest BCUT2D eigenvalue weighted by molar-refractivity contribution is 6.22. The second-order valence-corrected chi connectivity index (χ2v) is 6.79. The molecule has 1 aliphatic carbocycles. The maximum Gasteiger partial charge on any atom is 0.332 e. The Labute approximate surface area is 144 Å². The Morgan fingerprint density at radius 1 is 1.28 bits per heavy atom. The van der Waals surface area contributed by atoms with Gasteiger partial charge < -0.3 is 14.1 Å². The fourth-order valence-electron chi connectivity index (χ4n) is 4.54. The number of aromatic nitrogens is 1. The number of hydrogen-bond acceptors (Lipinski definition) is 5. The molecule has 7 nitrogen and oxygen atoms in total. The molecule has 1 aromatic carbocycles. The minimum absolute atomic E-state index is 0.117. The lowest BCUT2D eigenvalue weighted by Gasteiger charge is -2.25. The molecule has 0 N–H and O–H groups in total. The molecule has 0 radical (unpaired) electrons. The minimum atomic E-state index is -0.285. The third kappa shape index (κ3) is 1.89. The lowest BCUT2D eigenvalue weighted by atomic mass is 9.99. The van der Waals surface area contributed by atoms with Gasteiger partial charge in [0.15, 0.2) is 6.39 Å². The van der Waals surface area contributed by atoms with Crippen LogP contribution in [0, 0.1) is 5.92 Å². The molecule has 2 bridgehead atoms. The number of fused-ring (bicyclic) bond motifs is 5. The number of imide groups is 1. The third-order valence-corrected chi connectivity index (χ3v) is 5.62. The molecule has 3 aliphatic rings. The third-order valence-electron chi connectivity index (χ3n) is 5.62. The van der Waals surface area contributed by atoms with Crippen molar-refractivity contribution in [2.24, 2.45) is 5.92 Å². The van der Waals surface area contributed by atoms with E-state index in [-0.39, 0.29) is 24.0 Å². The summed E-state index contributed by atoms with van der Waals surface area (Å²) in [5.74, 6) is 0.734. The van der Waals surface area contributed by atoms with Crippen molar-refractivity contribution in [3.8, 4) is 17.0 Å². The predicted octanol–water partition coefficient (Wildman–Crippen LogP) is 2.67. The summed E-state index contributed by atoms with van der Waals surface area (Å²) in [5.41, 5.74) is 1.92. The van der Waals surface area contributed by atoms with Gasteiger partial charge in [0.2, 0.25) is 0 Å². The van der Waals surface area contributed by atoms with E-state index < -0.39 is 0 Å². The minimum Gasteiger partial charge on any atom is -0.496 e. The molecule has 3 atom stereocenters. The number of carbonyl (C=O) groups excluding carboxylic acids is 2. The first-order valence-electron chi connectivity index (χ1n) is 8.42. The van der Waals surface area contributed by atoms with Gasteiger partial charge in [-0.1, -0.05) is 0 Å². The van der Waals surface area contributed by atoms with Gasteiger partial charge in [0, 0.05) is 17.7 Å². The zero-order chi connectivity index (χ0) is 17.1. The summed E-state index contributed by atoms with van der Waals surface area (Å²) in [6.07, 6.45) is 5.87. The lowest BCUT2D eigenvalue weighted by Crippen LogP contribution is -2.40. The maximum absolute atomic E-state index is 12.9. The number of amides is 3. The first kappa shape index (κ1) is 14.5. The molecule has 3 unspecified atom stereocenters. The highest BCUT2D eigenvalue weighted by atomic mass is 16.5. The molecule has 0 spiro atoms. The van der Waals surface area contributed by atoms with Gasteiger partial charge in [-0.3, -0.25) is 4.79 Å². The van der Waals surface area contributed by atoms with Crippen molar-refractivity contribution < 1.29 is 18.7 Å². The van der Waals surface area contributed by atoms with Crippen LogP contribution in [0.1, 0.15) is 19.3 Å². The molecule has 2 saturated heterocycles. The summed E-state index contributed by atoms with van der Waals surface area (Å²) in [5, 5.41) is 0. The van der Waals surface area contributed by atoms with E-state index in [1.54, 1.807) is 30.2 Å². The highest BCUT2D eigenvalue weighted by Gasteiger charge is 2.59. The van der Waals surface area contributed by atoms with Gasteiger partial charge in [0.05, 0.1) is 12.8 Å². The van der Waals surface area contributed by atoms with E-state index in [2.05, 4.69) is 4.98 Å². The molecule has 1 aromatic heterocycles. The van der Waals surface area contributed by atoms with Gasteiger partial charge in [-0.2, -0.15) is 0 Å². The Hall–Kier alpha value is -2.83.